The van der Waals surface area contributed by atoms with E-state index in [0.717, 1.165) is 0 Å². The first-order chi connectivity index (χ1) is 9.22. The van der Waals surface area contributed by atoms with Crippen molar-refractivity contribution in [3.63, 3.8) is 0 Å². The minimum atomic E-state index is -3.98. The van der Waals surface area contributed by atoms with E-state index in [1.165, 1.54) is 0 Å². The number of hydrogen-bond donors (Lipinski definition) is 5. The van der Waals surface area contributed by atoms with Crippen LogP contribution >= 0.6 is 0 Å². The van der Waals surface area contributed by atoms with E-state index < -0.39 is 40.8 Å². The Morgan fingerprint density at radius 2 is 1.65 bits per heavy atom. The van der Waals surface area contributed by atoms with Crippen molar-refractivity contribution < 1.29 is 42.9 Å². The van der Waals surface area contributed by atoms with Crippen LogP contribution in [0.2, 0.25) is 0 Å². The van der Waals surface area contributed by atoms with Gasteiger partial charge in [-0.15, -0.1) is 0 Å². The van der Waals surface area contributed by atoms with Crippen molar-refractivity contribution in [2.24, 2.45) is 0 Å². The number of unbranched alkanes of at least 4 members (excludes halogenated alkanes) is 1. The average molecular weight is 316 g/mol. The van der Waals surface area contributed by atoms with Crippen molar-refractivity contribution in [1.82, 2.24) is 0 Å². The predicted octanol–water partition coefficient (Wildman–Crippen LogP) is -2.53. The zero-order valence-electron chi connectivity index (χ0n) is 10.7. The molecule has 0 spiro atoms. The van der Waals surface area contributed by atoms with E-state index in [9.17, 15) is 28.8 Å². The zero-order chi connectivity index (χ0) is 15.3. The molecule has 9 nitrogen and oxygen atoms in total. The Balaban J connectivity index is 2.21. The molecule has 20 heavy (non-hydrogen) atoms. The molecule has 0 aliphatic carbocycles. The van der Waals surface area contributed by atoms with Crippen LogP contribution in [-0.4, -0.2) is 83.1 Å². The van der Waals surface area contributed by atoms with Gasteiger partial charge >= 0.3 is 0 Å². The minimum absolute atomic E-state index is 0.131. The first-order valence-electron chi connectivity index (χ1n) is 6.13. The SMILES string of the molecule is O=S(=O)(O)CCCCOCC1OC(O)C(O)C(O)C1O. The lowest BCUT2D eigenvalue weighted by Crippen LogP contribution is -2.58. The van der Waals surface area contributed by atoms with E-state index in [4.69, 9.17) is 14.0 Å². The van der Waals surface area contributed by atoms with E-state index in [0.29, 0.717) is 6.42 Å². The standard InChI is InChI=1S/C10H20O9S/c11-7-6(19-10(14)9(13)8(7)12)5-18-3-1-2-4-20(15,16)17/h6-14H,1-5H2,(H,15,16,17). The first kappa shape index (κ1) is 17.7. The van der Waals surface area contributed by atoms with E-state index in [1.807, 2.05) is 0 Å². The quantitative estimate of drug-likeness (QED) is 0.253. The molecular formula is C10H20O9S. The average Bonchev–Trinajstić information content (AvgIpc) is 2.35. The van der Waals surface area contributed by atoms with Crippen LogP contribution in [0.1, 0.15) is 12.8 Å². The zero-order valence-corrected chi connectivity index (χ0v) is 11.5. The molecule has 5 atom stereocenters. The summed E-state index contributed by atoms with van der Waals surface area (Å²) >= 11 is 0. The van der Waals surface area contributed by atoms with Gasteiger partial charge in [0, 0.05) is 6.61 Å². The lowest BCUT2D eigenvalue weighted by atomic mass is 9.99. The number of rotatable bonds is 7. The van der Waals surface area contributed by atoms with Gasteiger partial charge in [0.05, 0.1) is 12.4 Å². The van der Waals surface area contributed by atoms with Gasteiger partial charge in [-0.05, 0) is 12.8 Å². The van der Waals surface area contributed by atoms with Crippen molar-refractivity contribution in [3.05, 3.63) is 0 Å². The molecule has 1 rings (SSSR count). The third-order valence-corrected chi connectivity index (χ3v) is 3.71. The Labute approximate surface area is 116 Å². The number of aliphatic hydroxyl groups excluding tert-OH is 4. The smallest absolute Gasteiger partial charge is 0.264 e. The fourth-order valence-electron chi connectivity index (χ4n) is 1.76. The van der Waals surface area contributed by atoms with Crippen LogP contribution < -0.4 is 0 Å². The van der Waals surface area contributed by atoms with Crippen LogP contribution in [0.4, 0.5) is 0 Å². The van der Waals surface area contributed by atoms with Crippen LogP contribution in [0.3, 0.4) is 0 Å². The van der Waals surface area contributed by atoms with Crippen LogP contribution in [0.5, 0.6) is 0 Å². The molecule has 0 aromatic rings. The molecule has 1 heterocycles. The summed E-state index contributed by atoms with van der Waals surface area (Å²) in [7, 11) is -3.98. The van der Waals surface area contributed by atoms with Crippen LogP contribution in [0, 0.1) is 0 Å². The van der Waals surface area contributed by atoms with Gasteiger partial charge < -0.3 is 29.9 Å². The van der Waals surface area contributed by atoms with Crippen LogP contribution in [-0.2, 0) is 19.6 Å². The molecule has 10 heteroatoms. The fourth-order valence-corrected chi connectivity index (χ4v) is 2.33. The molecule has 0 radical (unpaired) electrons. The van der Waals surface area contributed by atoms with E-state index in [-0.39, 0.29) is 25.4 Å². The lowest BCUT2D eigenvalue weighted by molar-refractivity contribution is -0.288. The second kappa shape index (κ2) is 7.61. The van der Waals surface area contributed by atoms with E-state index >= 15 is 0 Å². The van der Waals surface area contributed by atoms with Crippen molar-refractivity contribution in [2.45, 2.75) is 43.5 Å². The summed E-state index contributed by atoms with van der Waals surface area (Å²) in [6.07, 6.45) is -6.53. The lowest BCUT2D eigenvalue weighted by Gasteiger charge is -2.38. The maximum atomic E-state index is 10.4. The highest BCUT2D eigenvalue weighted by Gasteiger charge is 2.42. The summed E-state index contributed by atoms with van der Waals surface area (Å²) in [5.74, 6) is -0.359. The Hall–Kier alpha value is -0.330. The fraction of sp³-hybridized carbons (Fsp3) is 1.00. The van der Waals surface area contributed by atoms with Gasteiger partial charge in [-0.3, -0.25) is 4.55 Å². The van der Waals surface area contributed by atoms with Crippen molar-refractivity contribution in [2.75, 3.05) is 19.0 Å². The van der Waals surface area contributed by atoms with Gasteiger partial charge in [-0.1, -0.05) is 0 Å². The van der Waals surface area contributed by atoms with Crippen LogP contribution in [0.15, 0.2) is 0 Å². The Morgan fingerprint density at radius 1 is 1.00 bits per heavy atom. The summed E-state index contributed by atoms with van der Waals surface area (Å²) < 4.78 is 39.4. The molecule has 0 aromatic carbocycles. The van der Waals surface area contributed by atoms with Gasteiger partial charge in [-0.2, -0.15) is 8.42 Å². The Kier molecular flexibility index (Phi) is 6.75. The van der Waals surface area contributed by atoms with Gasteiger partial charge in [0.2, 0.25) is 0 Å². The third kappa shape index (κ3) is 5.58. The molecule has 1 aliphatic rings. The first-order valence-corrected chi connectivity index (χ1v) is 7.74. The van der Waals surface area contributed by atoms with Gasteiger partial charge in [0.1, 0.15) is 24.4 Å². The van der Waals surface area contributed by atoms with E-state index in [1.54, 1.807) is 0 Å². The highest BCUT2D eigenvalue weighted by atomic mass is 32.2. The predicted molar refractivity (Wildman–Crippen MR) is 65.4 cm³/mol. The number of hydrogen-bond acceptors (Lipinski definition) is 8. The van der Waals surface area contributed by atoms with E-state index in [2.05, 4.69) is 0 Å². The molecule has 0 amide bonds. The Bertz CT molecular complexity index is 384. The maximum absolute atomic E-state index is 10.4. The van der Waals surface area contributed by atoms with Crippen molar-refractivity contribution >= 4 is 10.1 Å². The van der Waals surface area contributed by atoms with Crippen LogP contribution in [0.25, 0.3) is 0 Å². The highest BCUT2D eigenvalue weighted by Crippen LogP contribution is 2.20. The molecule has 120 valence electrons. The second-order valence-electron chi connectivity index (χ2n) is 4.60. The van der Waals surface area contributed by atoms with Crippen molar-refractivity contribution in [1.29, 1.82) is 0 Å². The Morgan fingerprint density at radius 3 is 2.25 bits per heavy atom. The number of ether oxygens (including phenoxy) is 2. The van der Waals surface area contributed by atoms with Gasteiger partial charge in [0.15, 0.2) is 6.29 Å². The summed E-state index contributed by atoms with van der Waals surface area (Å²) in [6.45, 7) is 0.0325. The van der Waals surface area contributed by atoms with Crippen molar-refractivity contribution in [3.8, 4) is 0 Å². The summed E-state index contributed by atoms with van der Waals surface area (Å²) in [4.78, 5) is 0. The normalized spacial score (nSPS) is 35.1. The summed E-state index contributed by atoms with van der Waals surface area (Å²) in [5.41, 5.74) is 0. The minimum Gasteiger partial charge on any atom is -0.387 e. The molecule has 1 fully saturated rings. The van der Waals surface area contributed by atoms with Gasteiger partial charge in [0.25, 0.3) is 10.1 Å². The molecule has 0 saturated carbocycles. The maximum Gasteiger partial charge on any atom is 0.264 e. The molecule has 5 unspecified atom stereocenters. The topological polar surface area (TPSA) is 154 Å². The summed E-state index contributed by atoms with van der Waals surface area (Å²) in [5, 5.41) is 37.5. The molecule has 1 aliphatic heterocycles. The second-order valence-corrected chi connectivity index (χ2v) is 6.18. The molecular weight excluding hydrogens is 296 g/mol. The largest absolute Gasteiger partial charge is 0.387 e. The number of aliphatic hydroxyl groups is 4. The molecule has 0 aromatic heterocycles. The monoisotopic (exact) mass is 316 g/mol. The highest BCUT2D eigenvalue weighted by molar-refractivity contribution is 7.85. The molecule has 5 N–H and O–H groups in total. The van der Waals surface area contributed by atoms with Gasteiger partial charge in [-0.25, -0.2) is 0 Å². The summed E-state index contributed by atoms with van der Waals surface area (Å²) in [6, 6.07) is 0. The third-order valence-electron chi connectivity index (χ3n) is 2.91. The molecule has 1 saturated heterocycles. The molecule has 0 bridgehead atoms.